The zero-order valence-electron chi connectivity index (χ0n) is 15.4. The Hall–Kier alpha value is -2.45. The van der Waals surface area contributed by atoms with Gasteiger partial charge in [0.1, 0.15) is 5.75 Å². The number of methoxy groups -OCH3 is 1. The monoisotopic (exact) mass is 389 g/mol. The number of ether oxygens (including phenoxy) is 2. The topological polar surface area (TPSA) is 80.8 Å². The molecule has 1 fully saturated rings. The predicted molar refractivity (Wildman–Crippen MR) is 103 cm³/mol. The van der Waals surface area contributed by atoms with Crippen molar-refractivity contribution in [3.05, 3.63) is 40.3 Å². The molecular formula is C19H23N3O4S. The molecule has 0 spiro atoms. The number of hydrogen-bond acceptors (Lipinski definition) is 7. The Morgan fingerprint density at radius 1 is 1.33 bits per heavy atom. The summed E-state index contributed by atoms with van der Waals surface area (Å²) in [5, 5.41) is 5.17. The lowest BCUT2D eigenvalue weighted by Gasteiger charge is -2.22. The second-order valence-corrected chi connectivity index (χ2v) is 7.07. The molecule has 27 heavy (non-hydrogen) atoms. The van der Waals surface area contributed by atoms with Gasteiger partial charge in [0.05, 0.1) is 25.5 Å². The van der Waals surface area contributed by atoms with Gasteiger partial charge in [-0.15, -0.1) is 11.3 Å². The summed E-state index contributed by atoms with van der Waals surface area (Å²) < 4.78 is 10.1. The van der Waals surface area contributed by atoms with Crippen LogP contribution in [0.1, 0.15) is 35.3 Å². The average Bonchev–Trinajstić information content (AvgIpc) is 3.32. The molecule has 8 heteroatoms. The number of aromatic nitrogens is 1. The number of carbonyl (C=O) groups excluding carboxylic acids is 2. The molecule has 0 saturated carbocycles. The van der Waals surface area contributed by atoms with Crippen molar-refractivity contribution in [3.63, 3.8) is 0 Å². The number of esters is 1. The lowest BCUT2D eigenvalue weighted by atomic mass is 10.2. The van der Waals surface area contributed by atoms with Crippen molar-refractivity contribution >= 4 is 28.9 Å². The van der Waals surface area contributed by atoms with Crippen LogP contribution in [0.4, 0.5) is 5.69 Å². The van der Waals surface area contributed by atoms with Crippen LogP contribution < -0.4 is 10.1 Å². The summed E-state index contributed by atoms with van der Waals surface area (Å²) in [7, 11) is 1.61. The van der Waals surface area contributed by atoms with Crippen molar-refractivity contribution in [2.75, 3.05) is 25.6 Å². The van der Waals surface area contributed by atoms with Gasteiger partial charge in [0.25, 0.3) is 0 Å². The molecule has 3 rings (SSSR count). The minimum Gasteiger partial charge on any atom is -0.497 e. The van der Waals surface area contributed by atoms with Gasteiger partial charge in [-0.25, -0.2) is 9.78 Å². The number of carbonyl (C=O) groups is 2. The van der Waals surface area contributed by atoms with Crippen molar-refractivity contribution in [3.8, 4) is 5.75 Å². The number of nitrogens with zero attached hydrogens (tertiary/aromatic N) is 2. The van der Waals surface area contributed by atoms with E-state index in [2.05, 4.69) is 15.2 Å². The first-order chi connectivity index (χ1) is 13.1. The highest BCUT2D eigenvalue weighted by atomic mass is 32.1. The van der Waals surface area contributed by atoms with E-state index in [4.69, 9.17) is 9.47 Å². The highest BCUT2D eigenvalue weighted by molar-refractivity contribution is 7.11. The van der Waals surface area contributed by atoms with E-state index in [1.54, 1.807) is 14.0 Å². The summed E-state index contributed by atoms with van der Waals surface area (Å²) in [6, 6.07) is 7.06. The third kappa shape index (κ3) is 4.84. The first kappa shape index (κ1) is 19.3. The van der Waals surface area contributed by atoms with Crippen LogP contribution in [-0.4, -0.2) is 48.1 Å². The molecule has 1 saturated heterocycles. The number of amides is 1. The standard InChI is InChI=1S/C19H23N3O4S/c1-3-26-19(24)18-21-14(12-27-18)11-22-10-4-5-16(22)17(23)20-13-6-8-15(25-2)9-7-13/h6-9,12,16H,3-5,10-11H2,1-2H3,(H,20,23)/t16-/m1/s1. The van der Waals surface area contributed by atoms with E-state index in [-0.39, 0.29) is 11.9 Å². The van der Waals surface area contributed by atoms with Crippen LogP contribution in [0, 0.1) is 0 Å². The minimum atomic E-state index is -0.399. The van der Waals surface area contributed by atoms with Crippen LogP contribution in [0.5, 0.6) is 5.75 Å². The second kappa shape index (κ2) is 8.96. The highest BCUT2D eigenvalue weighted by Crippen LogP contribution is 2.23. The Bertz CT molecular complexity index is 791. The minimum absolute atomic E-state index is 0.0292. The van der Waals surface area contributed by atoms with E-state index in [1.807, 2.05) is 29.6 Å². The van der Waals surface area contributed by atoms with E-state index in [0.29, 0.717) is 18.2 Å². The first-order valence-electron chi connectivity index (χ1n) is 8.91. The van der Waals surface area contributed by atoms with Crippen molar-refractivity contribution < 1.29 is 19.1 Å². The number of thiazole rings is 1. The molecule has 0 radical (unpaired) electrons. The summed E-state index contributed by atoms with van der Waals surface area (Å²) in [6.07, 6.45) is 1.76. The maximum absolute atomic E-state index is 12.7. The fourth-order valence-electron chi connectivity index (χ4n) is 3.09. The maximum atomic E-state index is 12.7. The quantitative estimate of drug-likeness (QED) is 0.734. The van der Waals surface area contributed by atoms with Gasteiger partial charge in [-0.1, -0.05) is 0 Å². The Morgan fingerprint density at radius 2 is 2.11 bits per heavy atom. The van der Waals surface area contributed by atoms with Gasteiger partial charge >= 0.3 is 5.97 Å². The largest absolute Gasteiger partial charge is 0.497 e. The molecule has 1 amide bonds. The zero-order chi connectivity index (χ0) is 19.2. The predicted octanol–water partition coefficient (Wildman–Crippen LogP) is 2.93. The molecular weight excluding hydrogens is 366 g/mol. The van der Waals surface area contributed by atoms with Crippen molar-refractivity contribution in [1.29, 1.82) is 0 Å². The van der Waals surface area contributed by atoms with Crippen molar-refractivity contribution in [2.45, 2.75) is 32.4 Å². The zero-order valence-corrected chi connectivity index (χ0v) is 16.3. The van der Waals surface area contributed by atoms with Crippen LogP contribution in [0.2, 0.25) is 0 Å². The fraction of sp³-hybridized carbons (Fsp3) is 0.421. The van der Waals surface area contributed by atoms with Gasteiger partial charge in [-0.05, 0) is 50.6 Å². The Morgan fingerprint density at radius 3 is 2.81 bits per heavy atom. The van der Waals surface area contributed by atoms with E-state index in [0.717, 1.165) is 36.5 Å². The van der Waals surface area contributed by atoms with Crippen molar-refractivity contribution in [1.82, 2.24) is 9.88 Å². The number of nitrogens with one attached hydrogen (secondary N) is 1. The van der Waals surface area contributed by atoms with Crippen LogP contribution in [0.3, 0.4) is 0 Å². The molecule has 7 nitrogen and oxygen atoms in total. The second-order valence-electron chi connectivity index (χ2n) is 6.21. The maximum Gasteiger partial charge on any atom is 0.367 e. The van der Waals surface area contributed by atoms with Gasteiger partial charge in [-0.2, -0.15) is 0 Å². The summed E-state index contributed by atoms with van der Waals surface area (Å²) in [5.74, 6) is 0.318. The van der Waals surface area contributed by atoms with E-state index in [1.165, 1.54) is 11.3 Å². The van der Waals surface area contributed by atoms with E-state index >= 15 is 0 Å². The smallest absolute Gasteiger partial charge is 0.367 e. The summed E-state index contributed by atoms with van der Waals surface area (Å²) in [4.78, 5) is 30.9. The SMILES string of the molecule is CCOC(=O)c1nc(CN2CCC[C@@H]2C(=O)Nc2ccc(OC)cc2)cs1. The number of hydrogen-bond donors (Lipinski definition) is 1. The van der Waals surface area contributed by atoms with Crippen LogP contribution in [0.15, 0.2) is 29.6 Å². The van der Waals surface area contributed by atoms with Gasteiger partial charge in [-0.3, -0.25) is 9.69 Å². The molecule has 2 aromatic rings. The molecule has 0 bridgehead atoms. The molecule has 1 atom stereocenters. The van der Waals surface area contributed by atoms with Gasteiger partial charge in [0.15, 0.2) is 0 Å². The van der Waals surface area contributed by atoms with Gasteiger partial charge < -0.3 is 14.8 Å². The van der Waals surface area contributed by atoms with Gasteiger partial charge in [0.2, 0.25) is 10.9 Å². The number of anilines is 1. The molecule has 144 valence electrons. The van der Waals surface area contributed by atoms with Crippen molar-refractivity contribution in [2.24, 2.45) is 0 Å². The lowest BCUT2D eigenvalue weighted by Crippen LogP contribution is -2.39. The molecule has 0 aliphatic carbocycles. The van der Waals surface area contributed by atoms with Gasteiger partial charge in [0, 0.05) is 17.6 Å². The van der Waals surface area contributed by atoms with Crippen LogP contribution >= 0.6 is 11.3 Å². The van der Waals surface area contributed by atoms with E-state index in [9.17, 15) is 9.59 Å². The Balaban J connectivity index is 1.61. The molecule has 1 aliphatic rings. The molecule has 1 N–H and O–H groups in total. The molecule has 1 aromatic heterocycles. The lowest BCUT2D eigenvalue weighted by molar-refractivity contribution is -0.120. The number of benzene rings is 1. The fourth-order valence-corrected chi connectivity index (χ4v) is 3.79. The Kier molecular flexibility index (Phi) is 6.41. The molecule has 2 heterocycles. The normalized spacial score (nSPS) is 16.9. The van der Waals surface area contributed by atoms with Crippen LogP contribution in [-0.2, 0) is 16.1 Å². The summed E-state index contributed by atoms with van der Waals surface area (Å²) >= 11 is 1.27. The molecule has 0 unspecified atom stereocenters. The third-order valence-electron chi connectivity index (χ3n) is 4.39. The summed E-state index contributed by atoms with van der Waals surface area (Å²) in [5.41, 5.74) is 1.53. The Labute approximate surface area is 162 Å². The van der Waals surface area contributed by atoms with Crippen LogP contribution in [0.25, 0.3) is 0 Å². The first-order valence-corrected chi connectivity index (χ1v) is 9.79. The number of likely N-dealkylation sites (tertiary alicyclic amines) is 1. The summed E-state index contributed by atoms with van der Waals surface area (Å²) in [6.45, 7) is 3.46. The van der Waals surface area contributed by atoms with E-state index < -0.39 is 5.97 Å². The average molecular weight is 389 g/mol. The molecule has 1 aromatic carbocycles. The third-order valence-corrected chi connectivity index (χ3v) is 5.26. The number of rotatable bonds is 7. The highest BCUT2D eigenvalue weighted by Gasteiger charge is 2.31. The molecule has 1 aliphatic heterocycles.